The van der Waals surface area contributed by atoms with Gasteiger partial charge in [0.05, 0.1) is 11.7 Å². The molecule has 0 spiro atoms. The van der Waals surface area contributed by atoms with Crippen molar-refractivity contribution < 1.29 is 4.74 Å². The van der Waals surface area contributed by atoms with Gasteiger partial charge < -0.3 is 10.1 Å². The van der Waals surface area contributed by atoms with E-state index < -0.39 is 0 Å². The summed E-state index contributed by atoms with van der Waals surface area (Å²) in [6.45, 7) is 6.44. The Kier molecular flexibility index (Phi) is 5.22. The van der Waals surface area contributed by atoms with Crippen LogP contribution in [0, 0.1) is 11.3 Å². The molecule has 5 heteroatoms. The number of nitrogens with one attached hydrogen (secondary N) is 1. The van der Waals surface area contributed by atoms with Gasteiger partial charge in [0.1, 0.15) is 17.2 Å². The summed E-state index contributed by atoms with van der Waals surface area (Å²) in [4.78, 5) is 3.92. The lowest BCUT2D eigenvalue weighted by molar-refractivity contribution is 0.118. The van der Waals surface area contributed by atoms with E-state index in [1.54, 1.807) is 0 Å². The van der Waals surface area contributed by atoms with Gasteiger partial charge in [-0.2, -0.15) is 5.26 Å². The number of nitrogens with zero attached hydrogens (tertiary/aromatic N) is 2. The topological polar surface area (TPSA) is 48.3 Å². The van der Waals surface area contributed by atoms with Crippen LogP contribution in [0.2, 0.25) is 0 Å². The molecule has 2 aliphatic heterocycles. The molecule has 2 aromatic carbocycles. The lowest BCUT2D eigenvalue weighted by Gasteiger charge is -2.37. The van der Waals surface area contributed by atoms with Crippen molar-refractivity contribution in [2.24, 2.45) is 0 Å². The molecular weight excluding hydrogens is 390 g/mol. The summed E-state index contributed by atoms with van der Waals surface area (Å²) in [6, 6.07) is 15.6. The third kappa shape index (κ3) is 3.49. The molecule has 2 aromatic rings. The van der Waals surface area contributed by atoms with Crippen LogP contribution in [0.3, 0.4) is 0 Å². The number of hydrogen-bond acceptors (Lipinski definition) is 5. The maximum Gasteiger partial charge on any atom is 0.137 e. The van der Waals surface area contributed by atoms with Gasteiger partial charge in [0, 0.05) is 17.1 Å². The normalized spacial score (nSPS) is 22.8. The first kappa shape index (κ1) is 19.5. The highest BCUT2D eigenvalue weighted by Gasteiger charge is 2.33. The van der Waals surface area contributed by atoms with Crippen LogP contribution in [0.25, 0.3) is 4.91 Å². The third-order valence-corrected chi connectivity index (χ3v) is 7.47. The summed E-state index contributed by atoms with van der Waals surface area (Å²) >= 11 is 1.84. The Bertz CT molecular complexity index is 1040. The molecule has 2 heterocycles. The van der Waals surface area contributed by atoms with Crippen molar-refractivity contribution in [3.63, 3.8) is 0 Å². The van der Waals surface area contributed by atoms with Crippen LogP contribution in [0.4, 0.5) is 0 Å². The van der Waals surface area contributed by atoms with E-state index in [2.05, 4.69) is 46.8 Å². The van der Waals surface area contributed by atoms with E-state index in [0.717, 1.165) is 12.0 Å². The summed E-state index contributed by atoms with van der Waals surface area (Å²) in [5.74, 6) is 0.658. The second-order valence-electron chi connectivity index (χ2n) is 8.52. The lowest BCUT2D eigenvalue weighted by Crippen LogP contribution is -2.39. The Balaban J connectivity index is 1.36. The summed E-state index contributed by atoms with van der Waals surface area (Å²) in [7, 11) is 0. The van der Waals surface area contributed by atoms with Crippen LogP contribution in [-0.2, 0) is 6.42 Å². The summed E-state index contributed by atoms with van der Waals surface area (Å²) in [5, 5.41) is 13.2. The first-order valence-corrected chi connectivity index (χ1v) is 11.7. The van der Waals surface area contributed by atoms with E-state index in [0.29, 0.717) is 17.4 Å². The molecule has 154 valence electrons. The van der Waals surface area contributed by atoms with Crippen molar-refractivity contribution in [2.75, 3.05) is 13.1 Å². The van der Waals surface area contributed by atoms with Gasteiger partial charge in [-0.3, -0.25) is 4.90 Å². The molecule has 1 aliphatic carbocycles. The number of thioether (sulfide) groups is 1. The Labute approximate surface area is 182 Å². The van der Waals surface area contributed by atoms with E-state index >= 15 is 0 Å². The second-order valence-corrected chi connectivity index (χ2v) is 9.67. The minimum absolute atomic E-state index is 0.0514. The molecule has 0 bridgehead atoms. The van der Waals surface area contributed by atoms with E-state index in [1.807, 2.05) is 37.7 Å². The zero-order valence-electron chi connectivity index (χ0n) is 17.5. The number of ether oxygens (including phenoxy) is 1. The zero-order chi connectivity index (χ0) is 20.7. The molecule has 1 fully saturated rings. The Morgan fingerprint density at radius 2 is 2.10 bits per heavy atom. The fourth-order valence-electron chi connectivity index (χ4n) is 4.70. The molecule has 0 aromatic heterocycles. The van der Waals surface area contributed by atoms with Crippen molar-refractivity contribution in [1.82, 2.24) is 10.2 Å². The van der Waals surface area contributed by atoms with Crippen LogP contribution >= 0.6 is 11.8 Å². The Morgan fingerprint density at radius 1 is 1.23 bits per heavy atom. The van der Waals surface area contributed by atoms with E-state index in [9.17, 15) is 5.26 Å². The smallest absolute Gasteiger partial charge is 0.137 e. The molecule has 5 rings (SSSR count). The second kappa shape index (κ2) is 8.02. The van der Waals surface area contributed by atoms with Crippen LogP contribution in [0.5, 0.6) is 5.75 Å². The number of benzene rings is 2. The molecule has 1 N–H and O–H groups in total. The average molecular weight is 418 g/mol. The van der Waals surface area contributed by atoms with Gasteiger partial charge in [-0.25, -0.2) is 0 Å². The first-order chi connectivity index (χ1) is 14.6. The number of rotatable bonds is 5. The molecule has 2 unspecified atom stereocenters. The highest BCUT2D eigenvalue weighted by Crippen LogP contribution is 2.47. The number of likely N-dealkylation sites (tertiary alicyclic amines) is 1. The first-order valence-electron chi connectivity index (χ1n) is 10.8. The molecule has 3 aliphatic rings. The molecular formula is C25H27N3OS. The quantitative estimate of drug-likeness (QED) is 0.708. The maximum atomic E-state index is 9.55. The molecule has 1 saturated heterocycles. The summed E-state index contributed by atoms with van der Waals surface area (Å²) in [6.07, 6.45) is 5.94. The van der Waals surface area contributed by atoms with Crippen LogP contribution in [0.1, 0.15) is 65.9 Å². The molecule has 2 atom stereocenters. The monoisotopic (exact) mass is 417 g/mol. The third-order valence-electron chi connectivity index (χ3n) is 6.24. The molecule has 0 radical (unpaired) electrons. The molecule has 0 saturated carbocycles. The largest absolute Gasteiger partial charge is 0.490 e. The van der Waals surface area contributed by atoms with Gasteiger partial charge in [0.15, 0.2) is 0 Å². The summed E-state index contributed by atoms with van der Waals surface area (Å²) in [5.41, 5.74) is 6.11. The van der Waals surface area contributed by atoms with Gasteiger partial charge in [-0.05, 0) is 80.6 Å². The highest BCUT2D eigenvalue weighted by molar-refractivity contribution is 8.08. The highest BCUT2D eigenvalue weighted by atomic mass is 32.2. The van der Waals surface area contributed by atoms with Crippen molar-refractivity contribution >= 4 is 16.7 Å². The van der Waals surface area contributed by atoms with Gasteiger partial charge >= 0.3 is 0 Å². The predicted molar refractivity (Wildman–Crippen MR) is 122 cm³/mol. The van der Waals surface area contributed by atoms with Crippen molar-refractivity contribution in [2.45, 2.75) is 50.6 Å². The number of nitriles is 1. The van der Waals surface area contributed by atoms with Crippen molar-refractivity contribution in [3.8, 4) is 11.8 Å². The SMILES string of the molecule is CC(C)Oc1ccc(C2NC=C(c3cccc4c3CCC4N3CCC3)S2)cc1C#N. The molecule has 0 amide bonds. The van der Waals surface area contributed by atoms with E-state index in [-0.39, 0.29) is 11.5 Å². The average Bonchev–Trinajstić information content (AvgIpc) is 3.34. The molecule has 30 heavy (non-hydrogen) atoms. The van der Waals surface area contributed by atoms with Gasteiger partial charge in [0.2, 0.25) is 0 Å². The number of hydrogen-bond donors (Lipinski definition) is 1. The number of fused-ring (bicyclic) bond motifs is 1. The van der Waals surface area contributed by atoms with Gasteiger partial charge in [-0.1, -0.05) is 36.0 Å². The van der Waals surface area contributed by atoms with E-state index in [1.165, 1.54) is 47.5 Å². The lowest BCUT2D eigenvalue weighted by atomic mass is 10.00. The summed E-state index contributed by atoms with van der Waals surface area (Å²) < 4.78 is 5.77. The minimum atomic E-state index is 0.0514. The van der Waals surface area contributed by atoms with Gasteiger partial charge in [-0.15, -0.1) is 0 Å². The van der Waals surface area contributed by atoms with Gasteiger partial charge in [0.25, 0.3) is 0 Å². The minimum Gasteiger partial charge on any atom is -0.490 e. The predicted octanol–water partition coefficient (Wildman–Crippen LogP) is 5.37. The van der Waals surface area contributed by atoms with Crippen molar-refractivity contribution in [1.29, 1.82) is 5.26 Å². The van der Waals surface area contributed by atoms with Crippen LogP contribution in [0.15, 0.2) is 42.6 Å². The van der Waals surface area contributed by atoms with Crippen LogP contribution < -0.4 is 10.1 Å². The maximum absolute atomic E-state index is 9.55. The fraction of sp³-hybridized carbons (Fsp3) is 0.400. The molecule has 4 nitrogen and oxygen atoms in total. The van der Waals surface area contributed by atoms with Crippen LogP contribution in [-0.4, -0.2) is 24.1 Å². The van der Waals surface area contributed by atoms with Crippen molar-refractivity contribution in [3.05, 3.63) is 70.4 Å². The fourth-order valence-corrected chi connectivity index (χ4v) is 5.83. The zero-order valence-corrected chi connectivity index (χ0v) is 18.3. The Hall–Kier alpha value is -2.42. The standard InChI is InChI=1S/C25H27N3OS/c1-16(2)29-23-10-7-17(13-18(23)14-26)25-27-15-24(30-25)21-6-3-5-20-19(21)8-9-22(20)28-11-4-12-28/h3,5-7,10,13,15-16,22,25,27H,4,8-9,11-12H2,1-2H3. The Morgan fingerprint density at radius 3 is 2.83 bits per heavy atom. The van der Waals surface area contributed by atoms with E-state index in [4.69, 9.17) is 4.74 Å².